The number of hydrogen-bond acceptors (Lipinski definition) is 1. The highest BCUT2D eigenvalue weighted by Gasteiger charge is 2.01. The zero-order chi connectivity index (χ0) is 9.26. The van der Waals surface area contributed by atoms with Gasteiger partial charge in [-0.05, 0) is 17.5 Å². The summed E-state index contributed by atoms with van der Waals surface area (Å²) < 4.78 is 1.84. The molecule has 66 valence electrons. The molecule has 0 radical (unpaired) electrons. The molecule has 3 heteroatoms. The van der Waals surface area contributed by atoms with Gasteiger partial charge in [0.25, 0.3) is 0 Å². The molecule has 0 saturated carbocycles. The molecule has 0 aliphatic carbocycles. The van der Waals surface area contributed by atoms with E-state index < -0.39 is 0 Å². The molecule has 0 aliphatic rings. The molecule has 2 rings (SSSR count). The lowest BCUT2D eigenvalue weighted by molar-refractivity contribution is -0.118. The van der Waals surface area contributed by atoms with Crippen LogP contribution in [0.15, 0.2) is 36.5 Å². The number of para-hydroxylation sites is 1. The molecule has 2 N–H and O–H groups in total. The second-order valence-corrected chi connectivity index (χ2v) is 2.97. The van der Waals surface area contributed by atoms with E-state index in [1.807, 2.05) is 41.1 Å². The van der Waals surface area contributed by atoms with Crippen LogP contribution in [0.25, 0.3) is 10.9 Å². The SMILES string of the molecule is NC(=O)Cn1ccc2ccccc21. The Morgan fingerprint density at radius 2 is 2.08 bits per heavy atom. The Kier molecular flexibility index (Phi) is 1.77. The van der Waals surface area contributed by atoms with Crippen molar-refractivity contribution in [2.75, 3.05) is 0 Å². The summed E-state index contributed by atoms with van der Waals surface area (Å²) in [4.78, 5) is 10.7. The summed E-state index contributed by atoms with van der Waals surface area (Å²) in [6, 6.07) is 9.86. The molecule has 0 saturated heterocycles. The quantitative estimate of drug-likeness (QED) is 0.728. The van der Waals surface area contributed by atoms with E-state index in [0.717, 1.165) is 10.9 Å². The number of rotatable bonds is 2. The maximum Gasteiger partial charge on any atom is 0.237 e. The van der Waals surface area contributed by atoms with E-state index in [9.17, 15) is 4.79 Å². The largest absolute Gasteiger partial charge is 0.368 e. The highest BCUT2D eigenvalue weighted by atomic mass is 16.1. The Labute approximate surface area is 75.8 Å². The average Bonchev–Trinajstić information content (AvgIpc) is 2.48. The maximum absolute atomic E-state index is 10.7. The Morgan fingerprint density at radius 3 is 2.85 bits per heavy atom. The van der Waals surface area contributed by atoms with Gasteiger partial charge in [-0.1, -0.05) is 18.2 Å². The van der Waals surface area contributed by atoms with Crippen LogP contribution < -0.4 is 5.73 Å². The normalized spacial score (nSPS) is 10.5. The minimum Gasteiger partial charge on any atom is -0.368 e. The van der Waals surface area contributed by atoms with Crippen LogP contribution in [0.4, 0.5) is 0 Å². The van der Waals surface area contributed by atoms with E-state index in [4.69, 9.17) is 5.73 Å². The highest BCUT2D eigenvalue weighted by molar-refractivity contribution is 5.82. The minimum absolute atomic E-state index is 0.244. The molecular formula is C10H10N2O. The van der Waals surface area contributed by atoms with Crippen molar-refractivity contribution in [1.82, 2.24) is 4.57 Å². The zero-order valence-electron chi connectivity index (χ0n) is 7.10. The Bertz CT molecular complexity index is 445. The van der Waals surface area contributed by atoms with Crippen molar-refractivity contribution in [2.24, 2.45) is 5.73 Å². The Balaban J connectivity index is 2.51. The number of aromatic nitrogens is 1. The number of hydrogen-bond donors (Lipinski definition) is 1. The Hall–Kier alpha value is -1.77. The molecule has 0 aliphatic heterocycles. The number of fused-ring (bicyclic) bond motifs is 1. The summed E-state index contributed by atoms with van der Waals surface area (Å²) in [5.74, 6) is -0.318. The number of nitrogens with two attached hydrogens (primary N) is 1. The summed E-state index contributed by atoms with van der Waals surface area (Å²) >= 11 is 0. The van der Waals surface area contributed by atoms with Crippen molar-refractivity contribution in [2.45, 2.75) is 6.54 Å². The van der Waals surface area contributed by atoms with Crippen molar-refractivity contribution in [1.29, 1.82) is 0 Å². The molecule has 0 fully saturated rings. The van der Waals surface area contributed by atoms with E-state index in [1.165, 1.54) is 0 Å². The average molecular weight is 174 g/mol. The van der Waals surface area contributed by atoms with Crippen LogP contribution in [0.1, 0.15) is 0 Å². The first kappa shape index (κ1) is 7.86. The number of primary amides is 1. The van der Waals surface area contributed by atoms with E-state index in [1.54, 1.807) is 0 Å². The molecule has 0 spiro atoms. The van der Waals surface area contributed by atoms with Gasteiger partial charge in [-0.25, -0.2) is 0 Å². The van der Waals surface area contributed by atoms with Gasteiger partial charge in [-0.3, -0.25) is 4.79 Å². The van der Waals surface area contributed by atoms with Gasteiger partial charge < -0.3 is 10.3 Å². The van der Waals surface area contributed by atoms with E-state index in [-0.39, 0.29) is 12.5 Å². The molecule has 0 atom stereocenters. The predicted molar refractivity (Wildman–Crippen MR) is 51.1 cm³/mol. The van der Waals surface area contributed by atoms with Gasteiger partial charge in [0.15, 0.2) is 0 Å². The van der Waals surface area contributed by atoms with Gasteiger partial charge in [0.05, 0.1) is 0 Å². The van der Waals surface area contributed by atoms with Crippen molar-refractivity contribution in [3.8, 4) is 0 Å². The lowest BCUT2D eigenvalue weighted by Gasteiger charge is -2.00. The van der Waals surface area contributed by atoms with Crippen LogP contribution in [0.5, 0.6) is 0 Å². The summed E-state index contributed by atoms with van der Waals surface area (Å²) in [5, 5.41) is 1.13. The summed E-state index contributed by atoms with van der Waals surface area (Å²) in [6.07, 6.45) is 1.87. The van der Waals surface area contributed by atoms with Crippen LogP contribution in [0.3, 0.4) is 0 Å². The smallest absolute Gasteiger partial charge is 0.237 e. The molecule has 1 heterocycles. The molecule has 2 aromatic rings. The predicted octanol–water partition coefficient (Wildman–Crippen LogP) is 1.13. The third-order valence-electron chi connectivity index (χ3n) is 2.01. The first-order chi connectivity index (χ1) is 6.27. The minimum atomic E-state index is -0.318. The highest BCUT2D eigenvalue weighted by Crippen LogP contribution is 2.14. The number of amides is 1. The molecular weight excluding hydrogens is 164 g/mol. The van der Waals surface area contributed by atoms with Crippen LogP contribution in [-0.2, 0) is 11.3 Å². The van der Waals surface area contributed by atoms with Crippen LogP contribution in [0, 0.1) is 0 Å². The summed E-state index contributed by atoms with van der Waals surface area (Å²) in [7, 11) is 0. The number of benzene rings is 1. The molecule has 0 bridgehead atoms. The van der Waals surface area contributed by atoms with Crippen LogP contribution in [-0.4, -0.2) is 10.5 Å². The van der Waals surface area contributed by atoms with Crippen LogP contribution in [0.2, 0.25) is 0 Å². The standard InChI is InChI=1S/C10H10N2O/c11-10(13)7-12-6-5-8-3-1-2-4-9(8)12/h1-6H,7H2,(H2,11,13). The second-order valence-electron chi connectivity index (χ2n) is 2.97. The monoisotopic (exact) mass is 174 g/mol. The zero-order valence-corrected chi connectivity index (χ0v) is 7.10. The van der Waals surface area contributed by atoms with Crippen LogP contribution >= 0.6 is 0 Å². The summed E-state index contributed by atoms with van der Waals surface area (Å²) in [5.41, 5.74) is 6.16. The maximum atomic E-state index is 10.7. The van der Waals surface area contributed by atoms with Crippen molar-refractivity contribution >= 4 is 16.8 Å². The second kappa shape index (κ2) is 2.94. The number of carbonyl (C=O) groups is 1. The molecule has 13 heavy (non-hydrogen) atoms. The van der Waals surface area contributed by atoms with Gasteiger partial charge in [-0.15, -0.1) is 0 Å². The van der Waals surface area contributed by atoms with Gasteiger partial charge in [-0.2, -0.15) is 0 Å². The molecule has 3 nitrogen and oxygen atoms in total. The third-order valence-corrected chi connectivity index (χ3v) is 2.01. The summed E-state index contributed by atoms with van der Waals surface area (Å²) in [6.45, 7) is 0.244. The van der Waals surface area contributed by atoms with Gasteiger partial charge in [0.1, 0.15) is 6.54 Å². The molecule has 1 aromatic heterocycles. The van der Waals surface area contributed by atoms with Gasteiger partial charge >= 0.3 is 0 Å². The number of carbonyl (C=O) groups excluding carboxylic acids is 1. The fourth-order valence-corrected chi connectivity index (χ4v) is 1.45. The first-order valence-corrected chi connectivity index (χ1v) is 4.09. The fourth-order valence-electron chi connectivity index (χ4n) is 1.45. The van der Waals surface area contributed by atoms with Gasteiger partial charge in [0, 0.05) is 11.7 Å². The molecule has 1 aromatic carbocycles. The van der Waals surface area contributed by atoms with Crippen molar-refractivity contribution in [3.05, 3.63) is 36.5 Å². The van der Waals surface area contributed by atoms with Crippen molar-refractivity contribution < 1.29 is 4.79 Å². The third kappa shape index (κ3) is 1.40. The molecule has 1 amide bonds. The fraction of sp³-hybridized carbons (Fsp3) is 0.100. The van der Waals surface area contributed by atoms with E-state index in [0.29, 0.717) is 0 Å². The van der Waals surface area contributed by atoms with E-state index in [2.05, 4.69) is 0 Å². The van der Waals surface area contributed by atoms with Crippen molar-refractivity contribution in [3.63, 3.8) is 0 Å². The van der Waals surface area contributed by atoms with E-state index >= 15 is 0 Å². The Morgan fingerprint density at radius 1 is 1.31 bits per heavy atom. The lowest BCUT2D eigenvalue weighted by Crippen LogP contribution is -2.17. The molecule has 0 unspecified atom stereocenters. The lowest BCUT2D eigenvalue weighted by atomic mass is 10.2. The van der Waals surface area contributed by atoms with Gasteiger partial charge in [0.2, 0.25) is 5.91 Å². The number of nitrogens with zero attached hydrogens (tertiary/aromatic N) is 1. The topological polar surface area (TPSA) is 48.0 Å². The first-order valence-electron chi connectivity index (χ1n) is 4.09.